The van der Waals surface area contributed by atoms with E-state index >= 15 is 0 Å². The Balaban J connectivity index is 1.94. The summed E-state index contributed by atoms with van der Waals surface area (Å²) in [4.78, 5) is 26.7. The molecule has 128 valence electrons. The molecule has 25 heavy (non-hydrogen) atoms. The van der Waals surface area contributed by atoms with Crippen molar-refractivity contribution in [2.45, 2.75) is 12.0 Å². The van der Waals surface area contributed by atoms with Gasteiger partial charge in [-0.25, -0.2) is 0 Å². The quantitative estimate of drug-likeness (QED) is 0.909. The maximum Gasteiger partial charge on any atom is 0.313 e. The lowest BCUT2D eigenvalue weighted by molar-refractivity contribution is -0.140. The second kappa shape index (κ2) is 5.81. The largest absolute Gasteiger partial charge is 0.497 e. The van der Waals surface area contributed by atoms with Crippen molar-refractivity contribution in [1.82, 2.24) is 4.90 Å². The van der Waals surface area contributed by atoms with Crippen LogP contribution in [0, 0.1) is 0 Å². The van der Waals surface area contributed by atoms with E-state index < -0.39 is 17.9 Å². The van der Waals surface area contributed by atoms with Crippen LogP contribution in [0.3, 0.4) is 0 Å². The van der Waals surface area contributed by atoms with Gasteiger partial charge in [-0.05, 0) is 23.8 Å². The van der Waals surface area contributed by atoms with Crippen molar-refractivity contribution in [2.24, 2.45) is 0 Å². The van der Waals surface area contributed by atoms with Crippen LogP contribution in [-0.4, -0.2) is 42.1 Å². The predicted molar refractivity (Wildman–Crippen MR) is 89.1 cm³/mol. The van der Waals surface area contributed by atoms with Gasteiger partial charge >= 0.3 is 5.97 Å². The molecule has 6 heteroatoms. The molecule has 6 nitrogen and oxygen atoms in total. The molecule has 0 aromatic heterocycles. The Morgan fingerprint density at radius 1 is 1.24 bits per heavy atom. The molecule has 1 N–H and O–H groups in total. The van der Waals surface area contributed by atoms with Crippen LogP contribution in [-0.2, 0) is 4.79 Å². The summed E-state index contributed by atoms with van der Waals surface area (Å²) >= 11 is 0. The smallest absolute Gasteiger partial charge is 0.313 e. The molecule has 2 atom stereocenters. The normalized spacial score (nSPS) is 21.3. The highest BCUT2D eigenvalue weighted by Gasteiger charge is 2.46. The highest BCUT2D eigenvalue weighted by atomic mass is 16.5. The number of carbonyl (C=O) groups is 2. The number of carboxylic acids is 1. The third-order valence-electron chi connectivity index (χ3n) is 4.83. The molecule has 2 aromatic rings. The van der Waals surface area contributed by atoms with E-state index in [2.05, 4.69) is 0 Å². The summed E-state index contributed by atoms with van der Waals surface area (Å²) in [6, 6.07) is 11.6. The minimum Gasteiger partial charge on any atom is -0.497 e. The third kappa shape index (κ3) is 2.33. The molecule has 2 aliphatic heterocycles. The Morgan fingerprint density at radius 3 is 2.80 bits per heavy atom. The highest BCUT2D eigenvalue weighted by molar-refractivity contribution is 6.00. The lowest BCUT2D eigenvalue weighted by Gasteiger charge is -2.39. The monoisotopic (exact) mass is 339 g/mol. The maximum atomic E-state index is 13.0. The molecular weight excluding hydrogens is 322 g/mol. The molecule has 0 fully saturated rings. The SMILES string of the molecule is COc1ccc2c(c1)OCCN1C(=O)c3ccccc3[C@@H](C(=O)O)[C@@H]21. The maximum absolute atomic E-state index is 13.0. The van der Waals surface area contributed by atoms with Crippen molar-refractivity contribution >= 4 is 11.9 Å². The minimum absolute atomic E-state index is 0.162. The van der Waals surface area contributed by atoms with E-state index in [1.165, 1.54) is 0 Å². The topological polar surface area (TPSA) is 76.1 Å². The summed E-state index contributed by atoms with van der Waals surface area (Å²) in [6.45, 7) is 0.634. The number of hydrogen-bond acceptors (Lipinski definition) is 4. The average molecular weight is 339 g/mol. The van der Waals surface area contributed by atoms with Crippen LogP contribution in [0.15, 0.2) is 42.5 Å². The first kappa shape index (κ1) is 15.5. The van der Waals surface area contributed by atoms with Crippen molar-refractivity contribution in [3.05, 3.63) is 59.2 Å². The van der Waals surface area contributed by atoms with Gasteiger partial charge < -0.3 is 19.5 Å². The van der Waals surface area contributed by atoms with E-state index in [1.807, 2.05) is 0 Å². The number of ether oxygens (including phenoxy) is 2. The van der Waals surface area contributed by atoms with Crippen LogP contribution < -0.4 is 9.47 Å². The number of fused-ring (bicyclic) bond motifs is 4. The Hall–Kier alpha value is -3.02. The molecule has 1 amide bonds. The highest BCUT2D eigenvalue weighted by Crippen LogP contribution is 2.47. The summed E-state index contributed by atoms with van der Waals surface area (Å²) in [7, 11) is 1.56. The summed E-state index contributed by atoms with van der Waals surface area (Å²) in [5, 5.41) is 9.92. The van der Waals surface area contributed by atoms with Gasteiger partial charge in [0.05, 0.1) is 19.7 Å². The van der Waals surface area contributed by atoms with Gasteiger partial charge in [-0.15, -0.1) is 0 Å². The Bertz CT molecular complexity index is 863. The number of methoxy groups -OCH3 is 1. The molecule has 0 saturated heterocycles. The van der Waals surface area contributed by atoms with Crippen molar-refractivity contribution in [2.75, 3.05) is 20.3 Å². The molecule has 2 aliphatic rings. The van der Waals surface area contributed by atoms with Crippen LogP contribution in [0.5, 0.6) is 11.5 Å². The second-order valence-corrected chi connectivity index (χ2v) is 6.10. The molecule has 0 spiro atoms. The Morgan fingerprint density at radius 2 is 2.04 bits per heavy atom. The van der Waals surface area contributed by atoms with E-state index in [9.17, 15) is 14.7 Å². The fourth-order valence-corrected chi connectivity index (χ4v) is 3.72. The first-order chi connectivity index (χ1) is 12.1. The molecule has 2 aromatic carbocycles. The van der Waals surface area contributed by atoms with Crippen LogP contribution in [0.4, 0.5) is 0 Å². The zero-order chi connectivity index (χ0) is 17.6. The zero-order valence-corrected chi connectivity index (χ0v) is 13.6. The summed E-state index contributed by atoms with van der Waals surface area (Å²) in [6.07, 6.45) is 0. The molecular formula is C19H17NO5. The molecule has 0 radical (unpaired) electrons. The number of amides is 1. The third-order valence-corrected chi connectivity index (χ3v) is 4.83. The Kier molecular flexibility index (Phi) is 3.60. The molecule has 2 heterocycles. The van der Waals surface area contributed by atoms with E-state index in [0.717, 1.165) is 0 Å². The average Bonchev–Trinajstić information content (AvgIpc) is 2.81. The summed E-state index contributed by atoms with van der Waals surface area (Å²) in [5.74, 6) is -0.779. The van der Waals surface area contributed by atoms with E-state index in [0.29, 0.717) is 41.3 Å². The molecule has 0 saturated carbocycles. The van der Waals surface area contributed by atoms with Crippen molar-refractivity contribution in [1.29, 1.82) is 0 Å². The lowest BCUT2D eigenvalue weighted by atomic mass is 9.79. The van der Waals surface area contributed by atoms with Gasteiger partial charge in [0.15, 0.2) is 0 Å². The summed E-state index contributed by atoms with van der Waals surface area (Å²) in [5.41, 5.74) is 1.68. The first-order valence-corrected chi connectivity index (χ1v) is 8.05. The molecule has 0 bridgehead atoms. The lowest BCUT2D eigenvalue weighted by Crippen LogP contribution is -2.45. The fourth-order valence-electron chi connectivity index (χ4n) is 3.72. The molecule has 0 aliphatic carbocycles. The number of carboxylic acid groups (broad SMARTS) is 1. The Labute approximate surface area is 144 Å². The van der Waals surface area contributed by atoms with Gasteiger partial charge in [0.25, 0.3) is 5.91 Å². The van der Waals surface area contributed by atoms with Gasteiger partial charge in [-0.2, -0.15) is 0 Å². The van der Waals surface area contributed by atoms with E-state index in [1.54, 1.807) is 54.5 Å². The molecule has 0 unspecified atom stereocenters. The standard InChI is InChI=1S/C19H17NO5/c1-24-11-6-7-14-15(10-11)25-9-8-20-17(14)16(19(22)23)12-4-2-3-5-13(12)18(20)21/h2-7,10,16-17H,8-9H2,1H3,(H,22,23)/t16-,17-/m1/s1. The van der Waals surface area contributed by atoms with Gasteiger partial charge in [0.1, 0.15) is 24.0 Å². The zero-order valence-electron chi connectivity index (χ0n) is 13.6. The number of benzene rings is 2. The number of aliphatic carboxylic acids is 1. The first-order valence-electron chi connectivity index (χ1n) is 8.05. The fraction of sp³-hybridized carbons (Fsp3) is 0.263. The van der Waals surface area contributed by atoms with Gasteiger partial charge in [0.2, 0.25) is 0 Å². The van der Waals surface area contributed by atoms with Gasteiger partial charge in [0, 0.05) is 17.2 Å². The minimum atomic E-state index is -0.960. The van der Waals surface area contributed by atoms with Gasteiger partial charge in [-0.1, -0.05) is 18.2 Å². The number of nitrogens with zero attached hydrogens (tertiary/aromatic N) is 1. The molecule has 4 rings (SSSR count). The van der Waals surface area contributed by atoms with Gasteiger partial charge in [-0.3, -0.25) is 9.59 Å². The number of hydrogen-bond donors (Lipinski definition) is 1. The number of rotatable bonds is 2. The van der Waals surface area contributed by atoms with Crippen LogP contribution in [0.2, 0.25) is 0 Å². The van der Waals surface area contributed by atoms with Crippen LogP contribution >= 0.6 is 0 Å². The van der Waals surface area contributed by atoms with Crippen LogP contribution in [0.25, 0.3) is 0 Å². The predicted octanol–water partition coefficient (Wildman–Crippen LogP) is 2.45. The van der Waals surface area contributed by atoms with E-state index in [-0.39, 0.29) is 5.91 Å². The second-order valence-electron chi connectivity index (χ2n) is 6.10. The number of carbonyl (C=O) groups excluding carboxylic acids is 1. The van der Waals surface area contributed by atoms with Crippen LogP contribution in [0.1, 0.15) is 33.4 Å². The summed E-state index contributed by atoms with van der Waals surface area (Å²) < 4.78 is 11.0. The van der Waals surface area contributed by atoms with Crippen molar-refractivity contribution < 1.29 is 24.2 Å². The van der Waals surface area contributed by atoms with Crippen molar-refractivity contribution in [3.63, 3.8) is 0 Å². The van der Waals surface area contributed by atoms with Crippen molar-refractivity contribution in [3.8, 4) is 11.5 Å². The van der Waals surface area contributed by atoms with E-state index in [4.69, 9.17) is 9.47 Å².